The predicted octanol–water partition coefficient (Wildman–Crippen LogP) is 4.45. The van der Waals surface area contributed by atoms with Gasteiger partial charge in [0.2, 0.25) is 0 Å². The van der Waals surface area contributed by atoms with Gasteiger partial charge < -0.3 is 10.1 Å². The third-order valence-corrected chi connectivity index (χ3v) is 3.87. The lowest BCUT2D eigenvalue weighted by molar-refractivity contribution is 0.101. The van der Waals surface area contributed by atoms with Crippen LogP contribution < -0.4 is 10.1 Å². The molecule has 0 spiro atoms. The van der Waals surface area contributed by atoms with Gasteiger partial charge in [-0.3, -0.25) is 9.59 Å². The highest BCUT2D eigenvalue weighted by Gasteiger charge is 2.15. The maximum absolute atomic E-state index is 12.5. The number of Topliss-reactive ketones (excluding diaryl/α,β-unsaturated/α-hetero) is 1. The number of hydrogen-bond donors (Lipinski definition) is 1. The fourth-order valence-electron chi connectivity index (χ4n) is 2.34. The minimum absolute atomic E-state index is 0.0358. The number of ether oxygens (including phenoxy) is 1. The van der Waals surface area contributed by atoms with Gasteiger partial charge in [-0.2, -0.15) is 0 Å². The van der Waals surface area contributed by atoms with Crippen LogP contribution >= 0.6 is 0 Å². The summed E-state index contributed by atoms with van der Waals surface area (Å²) in [6, 6.07) is 12.5. The van der Waals surface area contributed by atoms with Crippen molar-refractivity contribution in [3.63, 3.8) is 0 Å². The van der Waals surface area contributed by atoms with Crippen molar-refractivity contribution in [2.45, 2.75) is 33.1 Å². The van der Waals surface area contributed by atoms with Crippen LogP contribution in [0.3, 0.4) is 0 Å². The summed E-state index contributed by atoms with van der Waals surface area (Å²) in [5, 5.41) is 2.82. The van der Waals surface area contributed by atoms with Crippen LogP contribution in [-0.2, 0) is 5.41 Å². The average molecular weight is 325 g/mol. The Morgan fingerprint density at radius 1 is 0.958 bits per heavy atom. The van der Waals surface area contributed by atoms with E-state index in [1.165, 1.54) is 14.0 Å². The number of anilines is 1. The summed E-state index contributed by atoms with van der Waals surface area (Å²) in [4.78, 5) is 24.0. The van der Waals surface area contributed by atoms with E-state index in [0.717, 1.165) is 5.56 Å². The maximum atomic E-state index is 12.5. The van der Waals surface area contributed by atoms with E-state index in [4.69, 9.17) is 4.74 Å². The molecule has 126 valence electrons. The van der Waals surface area contributed by atoms with Crippen LogP contribution in [0, 0.1) is 0 Å². The monoisotopic (exact) mass is 325 g/mol. The number of hydrogen-bond acceptors (Lipinski definition) is 3. The number of rotatable bonds is 4. The lowest BCUT2D eigenvalue weighted by Crippen LogP contribution is -2.15. The highest BCUT2D eigenvalue weighted by Crippen LogP contribution is 2.27. The number of ketones is 1. The normalized spacial score (nSPS) is 11.0. The molecule has 4 nitrogen and oxygen atoms in total. The summed E-state index contributed by atoms with van der Waals surface area (Å²) in [5.41, 5.74) is 2.76. The minimum atomic E-state index is -0.241. The van der Waals surface area contributed by atoms with Gasteiger partial charge >= 0.3 is 0 Å². The van der Waals surface area contributed by atoms with E-state index in [1.807, 2.05) is 12.1 Å². The van der Waals surface area contributed by atoms with Crippen LogP contribution in [0.5, 0.6) is 5.75 Å². The molecular weight excluding hydrogens is 302 g/mol. The van der Waals surface area contributed by atoms with Gasteiger partial charge in [-0.1, -0.05) is 32.9 Å². The third-order valence-electron chi connectivity index (χ3n) is 3.87. The van der Waals surface area contributed by atoms with Gasteiger partial charge in [0.25, 0.3) is 5.91 Å². The molecule has 2 rings (SSSR count). The van der Waals surface area contributed by atoms with Crippen molar-refractivity contribution in [1.29, 1.82) is 0 Å². The molecule has 0 saturated heterocycles. The van der Waals surface area contributed by atoms with Gasteiger partial charge in [0, 0.05) is 11.1 Å². The summed E-state index contributed by atoms with van der Waals surface area (Å²) in [6.07, 6.45) is 0. The molecule has 0 aliphatic heterocycles. The van der Waals surface area contributed by atoms with Crippen LogP contribution in [0.25, 0.3) is 0 Å². The summed E-state index contributed by atoms with van der Waals surface area (Å²) in [6.45, 7) is 7.86. The first kappa shape index (κ1) is 17.7. The van der Waals surface area contributed by atoms with E-state index in [-0.39, 0.29) is 17.1 Å². The van der Waals surface area contributed by atoms with Crippen LogP contribution in [0.4, 0.5) is 5.69 Å². The highest BCUT2D eigenvalue weighted by atomic mass is 16.5. The fraction of sp³-hybridized carbons (Fsp3) is 0.300. The van der Waals surface area contributed by atoms with Crippen LogP contribution in [-0.4, -0.2) is 18.8 Å². The van der Waals surface area contributed by atoms with Crippen molar-refractivity contribution in [2.75, 3.05) is 12.4 Å². The number of benzene rings is 2. The van der Waals surface area contributed by atoms with Gasteiger partial charge in [-0.25, -0.2) is 0 Å². The van der Waals surface area contributed by atoms with Crippen molar-refractivity contribution in [3.05, 3.63) is 59.2 Å². The second-order valence-electron chi connectivity index (χ2n) is 6.75. The van der Waals surface area contributed by atoms with Crippen molar-refractivity contribution >= 4 is 17.4 Å². The molecule has 1 N–H and O–H groups in total. The first-order chi connectivity index (χ1) is 11.2. The topological polar surface area (TPSA) is 55.4 Å². The zero-order chi connectivity index (χ0) is 17.9. The van der Waals surface area contributed by atoms with Gasteiger partial charge in [0.05, 0.1) is 12.8 Å². The molecule has 24 heavy (non-hydrogen) atoms. The van der Waals surface area contributed by atoms with Gasteiger partial charge in [0.15, 0.2) is 5.78 Å². The molecule has 0 atom stereocenters. The number of carbonyl (C=O) groups is 2. The molecule has 0 radical (unpaired) electrons. The molecule has 0 unspecified atom stereocenters. The molecule has 4 heteroatoms. The average Bonchev–Trinajstić information content (AvgIpc) is 2.54. The molecule has 2 aromatic carbocycles. The Hall–Kier alpha value is -2.62. The SMILES string of the molecule is COc1ccc(C(C)=O)cc1NC(=O)c1ccc(C(C)(C)C)cc1. The largest absolute Gasteiger partial charge is 0.495 e. The van der Waals surface area contributed by atoms with Gasteiger partial charge in [0.1, 0.15) is 5.75 Å². The predicted molar refractivity (Wildman–Crippen MR) is 96.1 cm³/mol. The fourth-order valence-corrected chi connectivity index (χ4v) is 2.34. The standard InChI is InChI=1S/C20H23NO3/c1-13(22)15-8-11-18(24-5)17(12-15)21-19(23)14-6-9-16(10-7-14)20(2,3)4/h6-12H,1-5H3,(H,21,23). The van der Waals surface area contributed by atoms with E-state index < -0.39 is 0 Å². The van der Waals surface area contributed by atoms with Gasteiger partial charge in [-0.05, 0) is 48.2 Å². The van der Waals surface area contributed by atoms with E-state index >= 15 is 0 Å². The van der Waals surface area contributed by atoms with Crippen LogP contribution in [0.1, 0.15) is 54.0 Å². The quantitative estimate of drug-likeness (QED) is 0.845. The molecule has 0 aliphatic carbocycles. The lowest BCUT2D eigenvalue weighted by Gasteiger charge is -2.19. The van der Waals surface area contributed by atoms with Crippen LogP contribution in [0.2, 0.25) is 0 Å². The molecule has 2 aromatic rings. The molecule has 0 saturated carbocycles. The zero-order valence-corrected chi connectivity index (χ0v) is 14.8. The molecule has 0 aromatic heterocycles. The van der Waals surface area contributed by atoms with E-state index in [1.54, 1.807) is 30.3 Å². The summed E-state index contributed by atoms with van der Waals surface area (Å²) in [7, 11) is 1.52. The van der Waals surface area contributed by atoms with Crippen molar-refractivity contribution in [2.24, 2.45) is 0 Å². The van der Waals surface area contributed by atoms with Crippen molar-refractivity contribution in [3.8, 4) is 5.75 Å². The lowest BCUT2D eigenvalue weighted by atomic mass is 9.87. The minimum Gasteiger partial charge on any atom is -0.495 e. The maximum Gasteiger partial charge on any atom is 0.255 e. The van der Waals surface area contributed by atoms with E-state index in [0.29, 0.717) is 22.6 Å². The molecular formula is C20H23NO3. The summed E-state index contributed by atoms with van der Waals surface area (Å²) < 4.78 is 5.25. The molecule has 0 heterocycles. The zero-order valence-electron chi connectivity index (χ0n) is 14.8. The molecule has 0 bridgehead atoms. The second-order valence-corrected chi connectivity index (χ2v) is 6.75. The Labute approximate surface area is 142 Å². The Kier molecular flexibility index (Phi) is 5.07. The second kappa shape index (κ2) is 6.87. The Morgan fingerprint density at radius 2 is 1.54 bits per heavy atom. The first-order valence-corrected chi connectivity index (χ1v) is 7.83. The first-order valence-electron chi connectivity index (χ1n) is 7.83. The Morgan fingerprint density at radius 3 is 2.04 bits per heavy atom. The highest BCUT2D eigenvalue weighted by molar-refractivity contribution is 6.06. The number of methoxy groups -OCH3 is 1. The van der Waals surface area contributed by atoms with Crippen molar-refractivity contribution in [1.82, 2.24) is 0 Å². The number of nitrogens with one attached hydrogen (secondary N) is 1. The summed E-state index contributed by atoms with van der Waals surface area (Å²) >= 11 is 0. The van der Waals surface area contributed by atoms with Crippen molar-refractivity contribution < 1.29 is 14.3 Å². The Bertz CT molecular complexity index is 755. The van der Waals surface area contributed by atoms with Gasteiger partial charge in [-0.15, -0.1) is 0 Å². The number of amides is 1. The van der Waals surface area contributed by atoms with E-state index in [2.05, 4.69) is 26.1 Å². The molecule has 1 amide bonds. The molecule has 0 aliphatic rings. The molecule has 0 fully saturated rings. The Balaban J connectivity index is 2.26. The summed E-state index contributed by atoms with van der Waals surface area (Å²) in [5.74, 6) is 0.205. The smallest absolute Gasteiger partial charge is 0.255 e. The third kappa shape index (κ3) is 4.02. The van der Waals surface area contributed by atoms with E-state index in [9.17, 15) is 9.59 Å². The van der Waals surface area contributed by atoms with Crippen LogP contribution in [0.15, 0.2) is 42.5 Å². The number of carbonyl (C=O) groups excluding carboxylic acids is 2.